The van der Waals surface area contributed by atoms with Gasteiger partial charge in [-0.15, -0.1) is 0 Å². The Kier molecular flexibility index (Phi) is 14.6. The second-order valence-corrected chi connectivity index (χ2v) is 6.94. The zero-order valence-corrected chi connectivity index (χ0v) is 18.1. The van der Waals surface area contributed by atoms with Gasteiger partial charge in [-0.05, 0) is 20.3 Å². The number of hydrogen-bond donors (Lipinski definition) is 2. The molecule has 0 aliphatic rings. The van der Waals surface area contributed by atoms with Crippen molar-refractivity contribution in [2.75, 3.05) is 26.4 Å². The molecule has 0 fully saturated rings. The fraction of sp³-hybridized carbons (Fsp3) is 0.619. The molecule has 0 aromatic heterocycles. The van der Waals surface area contributed by atoms with E-state index in [1.54, 1.807) is 0 Å². The molecule has 176 valence electrons. The van der Waals surface area contributed by atoms with Crippen LogP contribution < -0.4 is 0 Å². The highest BCUT2D eigenvalue weighted by atomic mass is 16.6. The molecule has 10 nitrogen and oxygen atoms in total. The van der Waals surface area contributed by atoms with Gasteiger partial charge in [0.05, 0.1) is 25.4 Å². The van der Waals surface area contributed by atoms with E-state index in [0.717, 1.165) is 0 Å². The van der Waals surface area contributed by atoms with Gasteiger partial charge in [0.2, 0.25) is 0 Å². The molecule has 0 aromatic rings. The third-order valence-electron chi connectivity index (χ3n) is 3.70. The lowest BCUT2D eigenvalue weighted by atomic mass is 10.2. The highest BCUT2D eigenvalue weighted by Gasteiger charge is 2.13. The summed E-state index contributed by atoms with van der Waals surface area (Å²) < 4.78 is 19.4. The van der Waals surface area contributed by atoms with Crippen molar-refractivity contribution in [2.24, 2.45) is 0 Å². The first kappa shape index (κ1) is 28.3. The van der Waals surface area contributed by atoms with Gasteiger partial charge in [0.15, 0.2) is 0 Å². The van der Waals surface area contributed by atoms with E-state index in [-0.39, 0.29) is 69.7 Å². The fourth-order valence-electron chi connectivity index (χ4n) is 1.89. The monoisotopic (exact) mass is 444 g/mol. The minimum Gasteiger partial charge on any atom is -0.463 e. The summed E-state index contributed by atoms with van der Waals surface area (Å²) >= 11 is 0. The number of aliphatic hydroxyl groups is 2. The Balaban J connectivity index is 3.78. The van der Waals surface area contributed by atoms with E-state index >= 15 is 0 Å². The molecule has 0 bridgehead atoms. The molecule has 0 saturated carbocycles. The van der Waals surface area contributed by atoms with Crippen LogP contribution in [0.15, 0.2) is 24.3 Å². The first-order valence-corrected chi connectivity index (χ1v) is 9.85. The summed E-state index contributed by atoms with van der Waals surface area (Å²) in [6.45, 7) is 9.29. The summed E-state index contributed by atoms with van der Waals surface area (Å²) in [5.74, 6) is -2.31. The fourth-order valence-corrected chi connectivity index (χ4v) is 1.89. The largest absolute Gasteiger partial charge is 0.463 e. The lowest BCUT2D eigenvalue weighted by Gasteiger charge is -2.12. The van der Waals surface area contributed by atoms with Crippen molar-refractivity contribution < 1.29 is 48.3 Å². The summed E-state index contributed by atoms with van der Waals surface area (Å²) in [4.78, 5) is 45.6. The maximum absolute atomic E-state index is 11.6. The van der Waals surface area contributed by atoms with Crippen molar-refractivity contribution in [1.82, 2.24) is 0 Å². The summed E-state index contributed by atoms with van der Waals surface area (Å²) in [6.07, 6.45) is -1.68. The zero-order valence-electron chi connectivity index (χ0n) is 18.1. The van der Waals surface area contributed by atoms with Crippen molar-refractivity contribution in [3.8, 4) is 0 Å². The molecule has 0 amide bonds. The molecule has 0 radical (unpaired) electrons. The van der Waals surface area contributed by atoms with E-state index in [9.17, 15) is 29.4 Å². The number of carbonyl (C=O) groups excluding carboxylic acids is 4. The second-order valence-electron chi connectivity index (χ2n) is 6.94. The Labute approximate surface area is 181 Å². The number of ether oxygens (including phenoxy) is 4. The van der Waals surface area contributed by atoms with E-state index in [0.29, 0.717) is 0 Å². The van der Waals surface area contributed by atoms with Crippen LogP contribution in [0.5, 0.6) is 0 Å². The molecule has 0 aromatic carbocycles. The average Bonchev–Trinajstić information content (AvgIpc) is 2.70. The first-order valence-electron chi connectivity index (χ1n) is 9.85. The highest BCUT2D eigenvalue weighted by Crippen LogP contribution is 2.04. The van der Waals surface area contributed by atoms with Gasteiger partial charge in [-0.25, -0.2) is 9.59 Å². The van der Waals surface area contributed by atoms with Gasteiger partial charge in [-0.1, -0.05) is 13.2 Å². The first-order chi connectivity index (χ1) is 14.5. The predicted octanol–water partition coefficient (Wildman–Crippen LogP) is 0.984. The normalized spacial score (nSPS) is 12.3. The minimum atomic E-state index is -0.983. The van der Waals surface area contributed by atoms with Crippen LogP contribution in [0.1, 0.15) is 46.0 Å². The lowest BCUT2D eigenvalue weighted by Crippen LogP contribution is -2.22. The quantitative estimate of drug-likeness (QED) is 0.201. The lowest BCUT2D eigenvalue weighted by molar-refractivity contribution is -0.150. The molecule has 0 saturated heterocycles. The smallest absolute Gasteiger partial charge is 0.333 e. The van der Waals surface area contributed by atoms with Gasteiger partial charge >= 0.3 is 23.9 Å². The van der Waals surface area contributed by atoms with Crippen LogP contribution in [0.2, 0.25) is 0 Å². The Morgan fingerprint density at radius 3 is 1.39 bits per heavy atom. The van der Waals surface area contributed by atoms with Gasteiger partial charge in [0.25, 0.3) is 0 Å². The molecular formula is C21H32O10. The van der Waals surface area contributed by atoms with E-state index in [2.05, 4.69) is 13.2 Å². The van der Waals surface area contributed by atoms with Crippen molar-refractivity contribution in [2.45, 2.75) is 58.2 Å². The highest BCUT2D eigenvalue weighted by molar-refractivity contribution is 5.87. The molecule has 0 heterocycles. The third-order valence-corrected chi connectivity index (χ3v) is 3.70. The van der Waals surface area contributed by atoms with Crippen LogP contribution >= 0.6 is 0 Å². The van der Waals surface area contributed by atoms with Gasteiger partial charge in [-0.3, -0.25) is 9.59 Å². The summed E-state index contributed by atoms with van der Waals surface area (Å²) in [5.41, 5.74) is 0.496. The van der Waals surface area contributed by atoms with Crippen LogP contribution in [0.3, 0.4) is 0 Å². The number of carbonyl (C=O) groups is 4. The SMILES string of the molecule is C=C(C)C(=O)OCCC(O)COC(=O)CCCC(=O)OCC(O)CCOC(=O)C(=C)C. The minimum absolute atomic E-state index is 0.0293. The number of esters is 4. The number of aliphatic hydroxyl groups excluding tert-OH is 2. The predicted molar refractivity (Wildman–Crippen MR) is 109 cm³/mol. The zero-order chi connectivity index (χ0) is 23.8. The Bertz CT molecular complexity index is 586. The standard InChI is InChI=1S/C21H32O10/c1-14(2)20(26)28-10-8-16(22)12-30-18(24)6-5-7-19(25)31-13-17(23)9-11-29-21(27)15(3)4/h16-17,22-23H,1,3,5-13H2,2,4H3. The van der Waals surface area contributed by atoms with Gasteiger partial charge in [-0.2, -0.15) is 0 Å². The topological polar surface area (TPSA) is 146 Å². The van der Waals surface area contributed by atoms with E-state index < -0.39 is 36.1 Å². The van der Waals surface area contributed by atoms with Crippen LogP contribution in [0.25, 0.3) is 0 Å². The van der Waals surface area contributed by atoms with Crippen LogP contribution in [0, 0.1) is 0 Å². The summed E-state index contributed by atoms with van der Waals surface area (Å²) in [6, 6.07) is 0. The van der Waals surface area contributed by atoms with Crippen molar-refractivity contribution in [3.05, 3.63) is 24.3 Å². The molecule has 31 heavy (non-hydrogen) atoms. The van der Waals surface area contributed by atoms with E-state index in [1.165, 1.54) is 13.8 Å². The number of rotatable bonds is 16. The maximum Gasteiger partial charge on any atom is 0.333 e. The van der Waals surface area contributed by atoms with E-state index in [4.69, 9.17) is 18.9 Å². The third kappa shape index (κ3) is 15.7. The van der Waals surface area contributed by atoms with Gasteiger partial charge in [0, 0.05) is 36.8 Å². The van der Waals surface area contributed by atoms with Crippen LogP contribution in [-0.2, 0) is 38.1 Å². The molecule has 2 N–H and O–H groups in total. The van der Waals surface area contributed by atoms with Crippen LogP contribution in [0.4, 0.5) is 0 Å². The van der Waals surface area contributed by atoms with Crippen molar-refractivity contribution in [1.29, 1.82) is 0 Å². The molecular weight excluding hydrogens is 412 g/mol. The molecule has 0 spiro atoms. The maximum atomic E-state index is 11.6. The van der Waals surface area contributed by atoms with Gasteiger partial charge in [0.1, 0.15) is 13.2 Å². The molecule has 0 rings (SSSR count). The summed E-state index contributed by atoms with van der Waals surface area (Å²) in [5, 5.41) is 19.4. The Hall–Kier alpha value is -2.72. The van der Waals surface area contributed by atoms with Crippen molar-refractivity contribution >= 4 is 23.9 Å². The summed E-state index contributed by atoms with van der Waals surface area (Å²) in [7, 11) is 0. The molecule has 2 atom stereocenters. The van der Waals surface area contributed by atoms with Crippen molar-refractivity contribution in [3.63, 3.8) is 0 Å². The van der Waals surface area contributed by atoms with E-state index in [1.807, 2.05) is 0 Å². The second kappa shape index (κ2) is 16.0. The van der Waals surface area contributed by atoms with Crippen LogP contribution in [-0.4, -0.2) is 72.7 Å². The molecule has 0 aliphatic heterocycles. The Morgan fingerprint density at radius 1 is 0.710 bits per heavy atom. The molecule has 10 heteroatoms. The average molecular weight is 444 g/mol. The number of hydrogen-bond acceptors (Lipinski definition) is 10. The molecule has 2 unspecified atom stereocenters. The Morgan fingerprint density at radius 2 is 1.06 bits per heavy atom. The molecule has 0 aliphatic carbocycles. The van der Waals surface area contributed by atoms with Gasteiger partial charge < -0.3 is 29.2 Å².